The zero-order chi connectivity index (χ0) is 32.4. The van der Waals surface area contributed by atoms with Gasteiger partial charge >= 0.3 is 0 Å². The van der Waals surface area contributed by atoms with Crippen molar-refractivity contribution in [2.45, 2.75) is 78.1 Å². The van der Waals surface area contributed by atoms with Gasteiger partial charge in [0.1, 0.15) is 0 Å². The van der Waals surface area contributed by atoms with E-state index in [4.69, 9.17) is 0 Å². The quantitative estimate of drug-likeness (QED) is 0.172. The van der Waals surface area contributed by atoms with E-state index >= 15 is 0 Å². The van der Waals surface area contributed by atoms with Crippen LogP contribution in [0.2, 0.25) is 0 Å². The fourth-order valence-electron chi connectivity index (χ4n) is 9.32. The molecular weight excluding hydrogens is 565 g/mol. The van der Waals surface area contributed by atoms with Gasteiger partial charge in [0.25, 0.3) is 0 Å². The number of hydrogen-bond acceptors (Lipinski definition) is 0. The van der Waals surface area contributed by atoms with Gasteiger partial charge in [0, 0.05) is 12.3 Å². The van der Waals surface area contributed by atoms with E-state index in [-0.39, 0.29) is 16.7 Å². The lowest BCUT2D eigenvalue weighted by molar-refractivity contribution is 0.585. The first-order chi connectivity index (χ1) is 22.5. The molecule has 0 amide bonds. The summed E-state index contributed by atoms with van der Waals surface area (Å²) in [6.45, 7) is 16.6. The molecule has 1 radical (unpaired) electrons. The molecule has 0 nitrogen and oxygen atoms in total. The van der Waals surface area contributed by atoms with Crippen LogP contribution in [0.25, 0.3) is 49.9 Å². The highest BCUT2D eigenvalue weighted by Crippen LogP contribution is 2.57. The molecule has 1 atom stereocenters. The molecule has 0 heteroatoms. The Morgan fingerprint density at radius 3 is 2.09 bits per heavy atom. The number of benzene rings is 6. The van der Waals surface area contributed by atoms with Crippen LogP contribution in [0.15, 0.2) is 96.6 Å². The van der Waals surface area contributed by atoms with Crippen molar-refractivity contribution in [2.75, 3.05) is 0 Å². The normalized spacial score (nSPS) is 16.5. The standard InChI is InChI=1S/C47H43/c1-27-23-39-35(40-25-28-13-8-9-14-31(28)33-15-10-11-16-34(33)40)17-12-18-36(39)42(27)44-38-22-21-37(45(38)47(5,6)7)41-26-29-24-30(46(2,3)4)19-20-32(29)43(41)44/h8-20,23-26,42H,21-22H2,1-7H3. The molecule has 1 unspecified atom stereocenters. The summed E-state index contributed by atoms with van der Waals surface area (Å²) in [5, 5.41) is 5.27. The topological polar surface area (TPSA) is 0 Å². The molecule has 0 saturated carbocycles. The van der Waals surface area contributed by atoms with Crippen LogP contribution < -0.4 is 0 Å². The molecule has 6 aromatic carbocycles. The Morgan fingerprint density at radius 1 is 0.596 bits per heavy atom. The lowest BCUT2D eigenvalue weighted by Gasteiger charge is -2.30. The van der Waals surface area contributed by atoms with Crippen molar-refractivity contribution in [1.82, 2.24) is 0 Å². The van der Waals surface area contributed by atoms with E-state index in [1.165, 1.54) is 77.2 Å². The van der Waals surface area contributed by atoms with Gasteiger partial charge in [0.05, 0.1) is 0 Å². The molecule has 2 bridgehead atoms. The van der Waals surface area contributed by atoms with Crippen LogP contribution in [0, 0.1) is 6.42 Å². The minimum atomic E-state index is 0.0923. The van der Waals surface area contributed by atoms with Gasteiger partial charge in [0.15, 0.2) is 0 Å². The first-order valence-electron chi connectivity index (χ1n) is 17.4. The van der Waals surface area contributed by atoms with E-state index < -0.39 is 0 Å². The molecule has 9 rings (SSSR count). The van der Waals surface area contributed by atoms with Crippen molar-refractivity contribution in [3.8, 4) is 22.3 Å². The molecule has 3 aliphatic carbocycles. The van der Waals surface area contributed by atoms with Crippen molar-refractivity contribution in [3.05, 3.63) is 153 Å². The smallest absolute Gasteiger partial charge is 0.0314 e. The van der Waals surface area contributed by atoms with Crippen LogP contribution in [0.4, 0.5) is 0 Å². The first kappa shape index (κ1) is 28.8. The summed E-state index contributed by atoms with van der Waals surface area (Å²) < 4.78 is 0. The van der Waals surface area contributed by atoms with E-state index in [2.05, 4.69) is 152 Å². The molecule has 0 fully saturated rings. The molecule has 3 aliphatic rings. The van der Waals surface area contributed by atoms with Gasteiger partial charge in [-0.05, 0) is 131 Å². The van der Waals surface area contributed by atoms with Crippen LogP contribution in [0.5, 0.6) is 0 Å². The second-order valence-corrected chi connectivity index (χ2v) is 16.3. The Balaban J connectivity index is 1.30. The Bertz CT molecular complexity index is 2340. The molecule has 0 aromatic heterocycles. The van der Waals surface area contributed by atoms with Gasteiger partial charge in [0.2, 0.25) is 0 Å². The molecule has 231 valence electrons. The molecule has 6 aromatic rings. The van der Waals surface area contributed by atoms with Crippen molar-refractivity contribution >= 4 is 27.6 Å². The second-order valence-electron chi connectivity index (χ2n) is 16.3. The Morgan fingerprint density at radius 2 is 1.32 bits per heavy atom. The molecular formula is C47H43. The monoisotopic (exact) mass is 607 g/mol. The SMILES string of the molecule is CC1=Cc2c(-c3cc4ccccc4c4ccccc34)cccc2C1c1c2c(C(C)(C)C)c(c3c1-c1ccc(C(C)(C)C)cc1[CH]3)CC2. The van der Waals surface area contributed by atoms with E-state index in [1.54, 1.807) is 22.3 Å². The van der Waals surface area contributed by atoms with Gasteiger partial charge < -0.3 is 0 Å². The van der Waals surface area contributed by atoms with Gasteiger partial charge in [-0.15, -0.1) is 0 Å². The van der Waals surface area contributed by atoms with Crippen LogP contribution in [-0.2, 0) is 23.7 Å². The Labute approximate surface area is 280 Å². The first-order valence-corrected chi connectivity index (χ1v) is 17.4. The molecule has 47 heavy (non-hydrogen) atoms. The highest BCUT2D eigenvalue weighted by molar-refractivity contribution is 6.14. The van der Waals surface area contributed by atoms with Crippen LogP contribution in [0.1, 0.15) is 104 Å². The fourth-order valence-corrected chi connectivity index (χ4v) is 9.32. The lowest BCUT2D eigenvalue weighted by atomic mass is 9.74. The minimum Gasteiger partial charge on any atom is -0.0616 e. The van der Waals surface area contributed by atoms with Gasteiger partial charge in [-0.3, -0.25) is 0 Å². The van der Waals surface area contributed by atoms with E-state index in [0.717, 1.165) is 12.8 Å². The maximum Gasteiger partial charge on any atom is 0.0314 e. The summed E-state index contributed by atoms with van der Waals surface area (Å²) in [5.74, 6) is 0.246. The lowest BCUT2D eigenvalue weighted by Crippen LogP contribution is -2.17. The van der Waals surface area contributed by atoms with Gasteiger partial charge in [-0.1, -0.05) is 138 Å². The minimum absolute atomic E-state index is 0.0923. The third-order valence-corrected chi connectivity index (χ3v) is 11.3. The second kappa shape index (κ2) is 9.80. The predicted molar refractivity (Wildman–Crippen MR) is 202 cm³/mol. The van der Waals surface area contributed by atoms with Crippen LogP contribution in [-0.4, -0.2) is 0 Å². The van der Waals surface area contributed by atoms with Crippen LogP contribution in [0.3, 0.4) is 0 Å². The highest BCUT2D eigenvalue weighted by atomic mass is 14.4. The molecule has 0 saturated heterocycles. The summed E-state index contributed by atoms with van der Waals surface area (Å²) in [6, 6.07) is 34.6. The fraction of sp³-hybridized carbons (Fsp3) is 0.255. The number of hydrogen-bond donors (Lipinski definition) is 0. The summed E-state index contributed by atoms with van der Waals surface area (Å²) in [4.78, 5) is 0. The predicted octanol–water partition coefficient (Wildman–Crippen LogP) is 12.5. The van der Waals surface area contributed by atoms with Gasteiger partial charge in [-0.2, -0.15) is 0 Å². The van der Waals surface area contributed by atoms with Gasteiger partial charge in [-0.25, -0.2) is 0 Å². The molecule has 0 spiro atoms. The summed E-state index contributed by atoms with van der Waals surface area (Å²) >= 11 is 0. The van der Waals surface area contributed by atoms with Crippen molar-refractivity contribution in [2.24, 2.45) is 0 Å². The summed E-state index contributed by atoms with van der Waals surface area (Å²) in [6.07, 6.45) is 7.34. The number of fused-ring (bicyclic) bond motifs is 10. The van der Waals surface area contributed by atoms with Crippen LogP contribution >= 0.6 is 0 Å². The third-order valence-electron chi connectivity index (χ3n) is 11.3. The molecule has 0 N–H and O–H groups in total. The van der Waals surface area contributed by atoms with Crippen molar-refractivity contribution in [1.29, 1.82) is 0 Å². The van der Waals surface area contributed by atoms with Crippen molar-refractivity contribution < 1.29 is 0 Å². The zero-order valence-electron chi connectivity index (χ0n) is 28.8. The third kappa shape index (κ3) is 4.13. The maximum absolute atomic E-state index is 2.54. The highest BCUT2D eigenvalue weighted by Gasteiger charge is 2.41. The Hall–Kier alpha value is -4.42. The molecule has 0 aliphatic heterocycles. The number of rotatable bonds is 2. The largest absolute Gasteiger partial charge is 0.0616 e. The summed E-state index contributed by atoms with van der Waals surface area (Å²) in [7, 11) is 0. The number of allylic oxidation sites excluding steroid dienone is 1. The Kier molecular flexibility index (Phi) is 6.00. The van der Waals surface area contributed by atoms with Crippen molar-refractivity contribution in [3.63, 3.8) is 0 Å². The molecule has 0 heterocycles. The average molecular weight is 608 g/mol. The van der Waals surface area contributed by atoms with E-state index in [9.17, 15) is 0 Å². The average Bonchev–Trinajstić information content (AvgIpc) is 3.72. The van der Waals surface area contributed by atoms with E-state index in [0.29, 0.717) is 0 Å². The summed E-state index contributed by atoms with van der Waals surface area (Å²) in [5.41, 5.74) is 20.8. The zero-order valence-corrected chi connectivity index (χ0v) is 28.8. The van der Waals surface area contributed by atoms with E-state index in [1.807, 2.05) is 0 Å². The maximum atomic E-state index is 2.54.